The summed E-state index contributed by atoms with van der Waals surface area (Å²) in [7, 11) is 0. The van der Waals surface area contributed by atoms with Crippen molar-refractivity contribution >= 4 is 31.9 Å². The smallest absolute Gasteiger partial charge is 0.101 e. The molecule has 0 aliphatic carbocycles. The Kier molecular flexibility index (Phi) is 3.52. The van der Waals surface area contributed by atoms with Gasteiger partial charge in [-0.25, -0.2) is 0 Å². The molecule has 0 aliphatic rings. The number of benzene rings is 1. The largest absolute Gasteiger partial charge is 0.469 e. The molecule has 0 aliphatic heterocycles. The van der Waals surface area contributed by atoms with Gasteiger partial charge in [0, 0.05) is 14.5 Å². The Morgan fingerprint density at radius 3 is 2.62 bits per heavy atom. The molecule has 16 heavy (non-hydrogen) atoms. The molecule has 0 saturated carbocycles. The molecule has 0 amide bonds. The lowest BCUT2D eigenvalue weighted by atomic mass is 10.0. The normalized spacial score (nSPS) is 12.8. The topological polar surface area (TPSA) is 39.2 Å². The average molecular weight is 345 g/mol. The quantitative estimate of drug-likeness (QED) is 0.888. The zero-order chi connectivity index (χ0) is 11.7. The van der Waals surface area contributed by atoms with Crippen molar-refractivity contribution in [1.82, 2.24) is 0 Å². The second kappa shape index (κ2) is 4.73. The van der Waals surface area contributed by atoms with Crippen molar-refractivity contribution in [2.24, 2.45) is 5.73 Å². The second-order valence-electron chi connectivity index (χ2n) is 3.63. The summed E-state index contributed by atoms with van der Waals surface area (Å²) in [6, 6.07) is 7.74. The SMILES string of the molecule is Cc1cc(C(N)c2cc(Br)ccc2Br)co1. The summed E-state index contributed by atoms with van der Waals surface area (Å²) in [6.07, 6.45) is 1.70. The molecule has 0 saturated heterocycles. The number of halogens is 2. The molecule has 4 heteroatoms. The lowest BCUT2D eigenvalue weighted by molar-refractivity contribution is 0.530. The van der Waals surface area contributed by atoms with Crippen LogP contribution in [0.25, 0.3) is 0 Å². The van der Waals surface area contributed by atoms with Crippen LogP contribution < -0.4 is 5.73 Å². The van der Waals surface area contributed by atoms with Crippen LogP contribution in [0.4, 0.5) is 0 Å². The summed E-state index contributed by atoms with van der Waals surface area (Å²) in [4.78, 5) is 0. The predicted octanol–water partition coefficient (Wildman–Crippen LogP) is 4.16. The Bertz CT molecular complexity index is 507. The van der Waals surface area contributed by atoms with E-state index in [-0.39, 0.29) is 6.04 Å². The van der Waals surface area contributed by atoms with Gasteiger partial charge in [-0.1, -0.05) is 31.9 Å². The number of hydrogen-bond acceptors (Lipinski definition) is 2. The Balaban J connectivity index is 2.40. The average Bonchev–Trinajstić information content (AvgIpc) is 2.67. The van der Waals surface area contributed by atoms with E-state index in [1.165, 1.54) is 0 Å². The van der Waals surface area contributed by atoms with E-state index in [0.29, 0.717) is 0 Å². The molecule has 1 heterocycles. The van der Waals surface area contributed by atoms with Crippen molar-refractivity contribution in [3.05, 3.63) is 56.4 Å². The molecule has 2 aromatic rings. The third-order valence-electron chi connectivity index (χ3n) is 2.40. The van der Waals surface area contributed by atoms with Crippen molar-refractivity contribution in [2.75, 3.05) is 0 Å². The van der Waals surface area contributed by atoms with Crippen LogP contribution in [-0.2, 0) is 0 Å². The minimum Gasteiger partial charge on any atom is -0.469 e. The number of rotatable bonds is 2. The Morgan fingerprint density at radius 1 is 1.25 bits per heavy atom. The van der Waals surface area contributed by atoms with Crippen LogP contribution in [0.3, 0.4) is 0 Å². The van der Waals surface area contributed by atoms with Gasteiger partial charge in [0.2, 0.25) is 0 Å². The van der Waals surface area contributed by atoms with Crippen molar-refractivity contribution in [3.63, 3.8) is 0 Å². The van der Waals surface area contributed by atoms with Crippen LogP contribution in [0.1, 0.15) is 22.9 Å². The second-order valence-corrected chi connectivity index (χ2v) is 5.40. The molecule has 0 spiro atoms. The summed E-state index contributed by atoms with van der Waals surface area (Å²) in [6.45, 7) is 1.91. The molecule has 0 fully saturated rings. The van der Waals surface area contributed by atoms with Gasteiger partial charge in [-0.15, -0.1) is 0 Å². The van der Waals surface area contributed by atoms with Crippen molar-refractivity contribution in [3.8, 4) is 0 Å². The Morgan fingerprint density at radius 2 is 2.00 bits per heavy atom. The first-order valence-electron chi connectivity index (χ1n) is 4.83. The van der Waals surface area contributed by atoms with E-state index in [1.54, 1.807) is 6.26 Å². The maximum atomic E-state index is 6.19. The molecule has 2 nitrogen and oxygen atoms in total. The standard InChI is InChI=1S/C12H11Br2NO/c1-7-4-8(6-16-7)12(15)10-5-9(13)2-3-11(10)14/h2-6,12H,15H2,1H3. The monoisotopic (exact) mass is 343 g/mol. The highest BCUT2D eigenvalue weighted by atomic mass is 79.9. The molecule has 1 aromatic carbocycles. The fraction of sp³-hybridized carbons (Fsp3) is 0.167. The Labute approximate surface area is 111 Å². The van der Waals surface area contributed by atoms with Crippen LogP contribution in [0.5, 0.6) is 0 Å². The first kappa shape index (κ1) is 11.9. The third kappa shape index (κ3) is 2.39. The lowest BCUT2D eigenvalue weighted by Gasteiger charge is -2.12. The fourth-order valence-electron chi connectivity index (χ4n) is 1.56. The van der Waals surface area contributed by atoms with Gasteiger partial charge in [0.15, 0.2) is 0 Å². The maximum Gasteiger partial charge on any atom is 0.101 e. The predicted molar refractivity (Wildman–Crippen MR) is 71.3 cm³/mol. The van der Waals surface area contributed by atoms with Crippen LogP contribution in [0.15, 0.2) is 43.9 Å². The van der Waals surface area contributed by atoms with Crippen molar-refractivity contribution in [2.45, 2.75) is 13.0 Å². The number of aryl methyl sites for hydroxylation is 1. The van der Waals surface area contributed by atoms with Crippen LogP contribution in [0.2, 0.25) is 0 Å². The highest BCUT2D eigenvalue weighted by Gasteiger charge is 2.14. The molecule has 2 rings (SSSR count). The van der Waals surface area contributed by atoms with Gasteiger partial charge < -0.3 is 10.2 Å². The fourth-order valence-corrected chi connectivity index (χ4v) is 2.43. The summed E-state index contributed by atoms with van der Waals surface area (Å²) in [5, 5.41) is 0. The van der Waals surface area contributed by atoms with Crippen LogP contribution in [0, 0.1) is 6.92 Å². The first-order valence-corrected chi connectivity index (χ1v) is 6.42. The van der Waals surface area contributed by atoms with Crippen molar-refractivity contribution < 1.29 is 4.42 Å². The minimum absolute atomic E-state index is 0.177. The first-order chi connectivity index (χ1) is 7.58. The van der Waals surface area contributed by atoms with E-state index in [1.807, 2.05) is 31.2 Å². The van der Waals surface area contributed by atoms with Gasteiger partial charge in [-0.2, -0.15) is 0 Å². The minimum atomic E-state index is -0.177. The van der Waals surface area contributed by atoms with E-state index in [9.17, 15) is 0 Å². The molecule has 84 valence electrons. The molecule has 2 N–H and O–H groups in total. The molecular formula is C12H11Br2NO. The number of hydrogen-bond donors (Lipinski definition) is 1. The molecule has 1 unspecified atom stereocenters. The molecule has 0 radical (unpaired) electrons. The van der Waals surface area contributed by atoms with Gasteiger partial charge in [0.1, 0.15) is 5.76 Å². The van der Waals surface area contributed by atoms with Crippen LogP contribution in [-0.4, -0.2) is 0 Å². The van der Waals surface area contributed by atoms with E-state index >= 15 is 0 Å². The summed E-state index contributed by atoms with van der Waals surface area (Å²) in [5.74, 6) is 0.872. The molecule has 1 atom stereocenters. The lowest BCUT2D eigenvalue weighted by Crippen LogP contribution is -2.11. The summed E-state index contributed by atoms with van der Waals surface area (Å²) < 4.78 is 7.29. The van der Waals surface area contributed by atoms with Crippen molar-refractivity contribution in [1.29, 1.82) is 0 Å². The van der Waals surface area contributed by atoms with Crippen LogP contribution >= 0.6 is 31.9 Å². The Hall–Kier alpha value is -0.580. The zero-order valence-corrected chi connectivity index (χ0v) is 11.9. The van der Waals surface area contributed by atoms with Gasteiger partial charge >= 0.3 is 0 Å². The van der Waals surface area contributed by atoms with Gasteiger partial charge in [0.25, 0.3) is 0 Å². The van der Waals surface area contributed by atoms with Gasteiger partial charge in [0.05, 0.1) is 12.3 Å². The maximum absolute atomic E-state index is 6.19. The van der Waals surface area contributed by atoms with E-state index in [2.05, 4.69) is 31.9 Å². The van der Waals surface area contributed by atoms with E-state index in [4.69, 9.17) is 10.2 Å². The highest BCUT2D eigenvalue weighted by Crippen LogP contribution is 2.30. The third-order valence-corrected chi connectivity index (χ3v) is 3.62. The molecule has 1 aromatic heterocycles. The van der Waals surface area contributed by atoms with Gasteiger partial charge in [-0.3, -0.25) is 0 Å². The molecular weight excluding hydrogens is 334 g/mol. The van der Waals surface area contributed by atoms with Gasteiger partial charge in [-0.05, 0) is 36.8 Å². The molecule has 0 bridgehead atoms. The number of furan rings is 1. The van der Waals surface area contributed by atoms with E-state index < -0.39 is 0 Å². The zero-order valence-electron chi connectivity index (χ0n) is 8.71. The highest BCUT2D eigenvalue weighted by molar-refractivity contribution is 9.11. The summed E-state index contributed by atoms with van der Waals surface area (Å²) >= 11 is 6.95. The number of nitrogens with two attached hydrogens (primary N) is 1. The van der Waals surface area contributed by atoms with E-state index in [0.717, 1.165) is 25.8 Å². The summed E-state index contributed by atoms with van der Waals surface area (Å²) in [5.41, 5.74) is 8.21.